The highest BCUT2D eigenvalue weighted by Crippen LogP contribution is 2.17. The highest BCUT2D eigenvalue weighted by Gasteiger charge is 2.18. The lowest BCUT2D eigenvalue weighted by atomic mass is 9.87. The number of nitrogens with two attached hydrogens (primary N) is 1. The molecule has 19 heavy (non-hydrogen) atoms. The molecule has 0 spiro atoms. The van der Waals surface area contributed by atoms with Crippen molar-refractivity contribution in [1.82, 2.24) is 0 Å². The third kappa shape index (κ3) is 17.4. The molecule has 0 aromatic carbocycles. The number of unbranched alkanes of at least 4 members (excludes halogenated alkanes) is 4. The maximum absolute atomic E-state index is 10.0. The molecule has 0 aliphatic carbocycles. The van der Waals surface area contributed by atoms with Gasteiger partial charge in [-0.2, -0.15) is 0 Å². The molecule has 0 aromatic heterocycles. The molecule has 0 aromatic rings. The first-order valence-corrected chi connectivity index (χ1v) is 7.76. The van der Waals surface area contributed by atoms with Gasteiger partial charge in [0, 0.05) is 12.0 Å². The Morgan fingerprint density at radius 3 is 1.95 bits per heavy atom. The van der Waals surface area contributed by atoms with Gasteiger partial charge in [-0.1, -0.05) is 52.9 Å². The van der Waals surface area contributed by atoms with E-state index in [4.69, 9.17) is 10.8 Å². The molecule has 1 atom stereocenters. The Kier molecular flexibility index (Phi) is 13.6. The smallest absolute Gasteiger partial charge is 0.303 e. The van der Waals surface area contributed by atoms with E-state index in [1.54, 1.807) is 0 Å². The second-order valence-electron chi connectivity index (χ2n) is 6.07. The summed E-state index contributed by atoms with van der Waals surface area (Å²) in [5.74, 6) is -0.0287. The highest BCUT2D eigenvalue weighted by atomic mass is 16.4. The van der Waals surface area contributed by atoms with Crippen molar-refractivity contribution in [3.05, 3.63) is 0 Å². The molecule has 0 radical (unpaired) electrons. The molecule has 0 saturated heterocycles. The minimum Gasteiger partial charge on any atom is -0.481 e. The van der Waals surface area contributed by atoms with Crippen LogP contribution in [-0.4, -0.2) is 16.6 Å². The van der Waals surface area contributed by atoms with E-state index in [9.17, 15) is 4.79 Å². The first-order chi connectivity index (χ1) is 8.75. The number of carboxylic acid groups (broad SMARTS) is 1. The van der Waals surface area contributed by atoms with Crippen molar-refractivity contribution >= 4 is 5.97 Å². The number of hydrogen-bond acceptors (Lipinski definition) is 2. The molecule has 0 aliphatic heterocycles. The average molecular weight is 273 g/mol. The number of carbonyl (C=O) groups is 1. The lowest BCUT2D eigenvalue weighted by Crippen LogP contribution is -2.39. The fourth-order valence-electron chi connectivity index (χ4n) is 1.68. The van der Waals surface area contributed by atoms with E-state index in [-0.39, 0.29) is 5.54 Å². The SMILES string of the molecule is CCCC(C)C(C)(C)N.CCCCCCCC(=O)O. The third-order valence-electron chi connectivity index (χ3n) is 3.49. The van der Waals surface area contributed by atoms with Crippen LogP contribution in [0.4, 0.5) is 0 Å². The van der Waals surface area contributed by atoms with Crippen molar-refractivity contribution in [3.8, 4) is 0 Å². The molecule has 3 heteroatoms. The largest absolute Gasteiger partial charge is 0.481 e. The van der Waals surface area contributed by atoms with E-state index < -0.39 is 5.97 Å². The number of rotatable bonds is 9. The first kappa shape index (κ1) is 20.7. The standard InChI is InChI=1S/C8H19N.C8H16O2/c1-5-6-7(2)8(3,4)9;1-2-3-4-5-6-7-8(9)10/h7H,5-6,9H2,1-4H3;2-7H2,1H3,(H,9,10). The van der Waals surface area contributed by atoms with Crippen LogP contribution in [0.1, 0.15) is 86.0 Å². The summed E-state index contributed by atoms with van der Waals surface area (Å²) in [5, 5.41) is 8.27. The Bertz CT molecular complexity index is 209. The molecule has 0 heterocycles. The van der Waals surface area contributed by atoms with Crippen molar-refractivity contribution in [1.29, 1.82) is 0 Å². The van der Waals surface area contributed by atoms with E-state index >= 15 is 0 Å². The zero-order chi connectivity index (χ0) is 15.3. The molecule has 0 rings (SSSR count). The van der Waals surface area contributed by atoms with Crippen LogP contribution in [0.2, 0.25) is 0 Å². The number of hydrogen-bond donors (Lipinski definition) is 2. The quantitative estimate of drug-likeness (QED) is 0.604. The van der Waals surface area contributed by atoms with Gasteiger partial charge in [0.05, 0.1) is 0 Å². The van der Waals surface area contributed by atoms with Gasteiger partial charge in [0.15, 0.2) is 0 Å². The lowest BCUT2D eigenvalue weighted by Gasteiger charge is -2.26. The Hall–Kier alpha value is -0.570. The molecule has 1 unspecified atom stereocenters. The molecule has 0 saturated carbocycles. The minimum atomic E-state index is -0.670. The predicted octanol–water partition coefficient (Wildman–Crippen LogP) is 4.59. The maximum Gasteiger partial charge on any atom is 0.303 e. The van der Waals surface area contributed by atoms with Crippen LogP contribution >= 0.6 is 0 Å². The van der Waals surface area contributed by atoms with Crippen molar-refractivity contribution < 1.29 is 9.90 Å². The van der Waals surface area contributed by atoms with Crippen molar-refractivity contribution in [3.63, 3.8) is 0 Å². The van der Waals surface area contributed by atoms with Crippen molar-refractivity contribution in [2.24, 2.45) is 11.7 Å². The molecule has 3 nitrogen and oxygen atoms in total. The van der Waals surface area contributed by atoms with Gasteiger partial charge < -0.3 is 10.8 Å². The second kappa shape index (κ2) is 12.5. The minimum absolute atomic E-state index is 0.00993. The monoisotopic (exact) mass is 273 g/mol. The third-order valence-corrected chi connectivity index (χ3v) is 3.49. The van der Waals surface area contributed by atoms with Crippen LogP contribution in [0.15, 0.2) is 0 Å². The topological polar surface area (TPSA) is 63.3 Å². The normalized spacial score (nSPS) is 12.5. The summed E-state index contributed by atoms with van der Waals surface area (Å²) in [6, 6.07) is 0. The van der Waals surface area contributed by atoms with Gasteiger partial charge in [-0.25, -0.2) is 0 Å². The Morgan fingerprint density at radius 1 is 1.11 bits per heavy atom. The lowest BCUT2D eigenvalue weighted by molar-refractivity contribution is -0.137. The van der Waals surface area contributed by atoms with Gasteiger partial charge in [0.2, 0.25) is 0 Å². The van der Waals surface area contributed by atoms with E-state index in [0.717, 1.165) is 12.8 Å². The van der Waals surface area contributed by atoms with Gasteiger partial charge in [-0.15, -0.1) is 0 Å². The Labute approximate surface area is 120 Å². The summed E-state index contributed by atoms with van der Waals surface area (Å²) >= 11 is 0. The summed E-state index contributed by atoms with van der Waals surface area (Å²) in [6.45, 7) is 10.7. The summed E-state index contributed by atoms with van der Waals surface area (Å²) in [4.78, 5) is 10.0. The zero-order valence-electron chi connectivity index (χ0n) is 13.7. The van der Waals surface area contributed by atoms with Crippen LogP contribution in [0.5, 0.6) is 0 Å². The summed E-state index contributed by atoms with van der Waals surface area (Å²) in [6.07, 6.45) is 8.36. The zero-order valence-corrected chi connectivity index (χ0v) is 13.7. The summed E-state index contributed by atoms with van der Waals surface area (Å²) < 4.78 is 0. The summed E-state index contributed by atoms with van der Waals surface area (Å²) in [5.41, 5.74) is 5.87. The van der Waals surface area contributed by atoms with Gasteiger partial charge in [0.1, 0.15) is 0 Å². The fourth-order valence-corrected chi connectivity index (χ4v) is 1.68. The number of aliphatic carboxylic acids is 1. The average Bonchev–Trinajstić information content (AvgIpc) is 2.28. The van der Waals surface area contributed by atoms with E-state index in [1.165, 1.54) is 32.1 Å². The van der Waals surface area contributed by atoms with Crippen LogP contribution in [0, 0.1) is 5.92 Å². The molecular weight excluding hydrogens is 238 g/mol. The molecule has 3 N–H and O–H groups in total. The Balaban J connectivity index is 0. The first-order valence-electron chi connectivity index (χ1n) is 7.76. The molecular formula is C16H35NO2. The van der Waals surface area contributed by atoms with Crippen LogP contribution in [-0.2, 0) is 4.79 Å². The molecule has 0 amide bonds. The fraction of sp³-hybridized carbons (Fsp3) is 0.938. The van der Waals surface area contributed by atoms with Crippen LogP contribution in [0.25, 0.3) is 0 Å². The number of carboxylic acids is 1. The maximum atomic E-state index is 10.0. The molecule has 0 bridgehead atoms. The van der Waals surface area contributed by atoms with E-state index in [1.807, 2.05) is 0 Å². The van der Waals surface area contributed by atoms with Crippen molar-refractivity contribution in [2.75, 3.05) is 0 Å². The predicted molar refractivity (Wildman–Crippen MR) is 83.4 cm³/mol. The van der Waals surface area contributed by atoms with E-state index in [0.29, 0.717) is 12.3 Å². The van der Waals surface area contributed by atoms with Gasteiger partial charge >= 0.3 is 5.97 Å². The van der Waals surface area contributed by atoms with Gasteiger partial charge in [-0.3, -0.25) is 4.79 Å². The van der Waals surface area contributed by atoms with Crippen LogP contribution in [0.3, 0.4) is 0 Å². The summed E-state index contributed by atoms with van der Waals surface area (Å²) in [7, 11) is 0. The molecule has 0 fully saturated rings. The van der Waals surface area contributed by atoms with Gasteiger partial charge in [0.25, 0.3) is 0 Å². The molecule has 0 aliphatic rings. The Morgan fingerprint density at radius 2 is 1.63 bits per heavy atom. The van der Waals surface area contributed by atoms with Crippen LogP contribution < -0.4 is 5.73 Å². The van der Waals surface area contributed by atoms with Gasteiger partial charge in [-0.05, 0) is 32.6 Å². The second-order valence-corrected chi connectivity index (χ2v) is 6.07. The molecule has 116 valence electrons. The van der Waals surface area contributed by atoms with E-state index in [2.05, 4.69) is 34.6 Å². The highest BCUT2D eigenvalue weighted by molar-refractivity contribution is 5.66. The van der Waals surface area contributed by atoms with Crippen molar-refractivity contribution in [2.45, 2.75) is 91.5 Å².